The zero-order valence-electron chi connectivity index (χ0n) is 17.0. The van der Waals surface area contributed by atoms with E-state index in [1.165, 1.54) is 28.2 Å². The third kappa shape index (κ3) is 3.97. The molecular formula is C22H19N5O4S. The fraction of sp³-hybridized carbons (Fsp3) is 0.227. The van der Waals surface area contributed by atoms with Gasteiger partial charge in [0.25, 0.3) is 11.6 Å². The van der Waals surface area contributed by atoms with Crippen molar-refractivity contribution in [2.24, 2.45) is 0 Å². The van der Waals surface area contributed by atoms with E-state index < -0.39 is 4.92 Å². The van der Waals surface area contributed by atoms with Crippen LogP contribution in [0.4, 0.5) is 10.8 Å². The number of benzene rings is 2. The van der Waals surface area contributed by atoms with Crippen molar-refractivity contribution in [2.75, 3.05) is 18.1 Å². The minimum Gasteiger partial charge on any atom is -0.376 e. The Bertz CT molecular complexity index is 1240. The highest BCUT2D eigenvalue weighted by Crippen LogP contribution is 2.30. The maximum Gasteiger partial charge on any atom is 0.280 e. The molecule has 1 atom stereocenters. The molecule has 0 spiro atoms. The van der Waals surface area contributed by atoms with Crippen molar-refractivity contribution in [2.45, 2.75) is 18.9 Å². The molecule has 0 saturated carbocycles. The van der Waals surface area contributed by atoms with E-state index in [1.54, 1.807) is 29.3 Å². The van der Waals surface area contributed by atoms with E-state index in [0.29, 0.717) is 24.0 Å². The summed E-state index contributed by atoms with van der Waals surface area (Å²) in [6.07, 6.45) is 3.49. The Morgan fingerprint density at radius 2 is 2.03 bits per heavy atom. The van der Waals surface area contributed by atoms with Crippen LogP contribution < -0.4 is 4.90 Å². The highest BCUT2D eigenvalue weighted by atomic mass is 32.1. The number of carbonyl (C=O) groups excluding carboxylic acids is 1. The van der Waals surface area contributed by atoms with E-state index in [0.717, 1.165) is 23.1 Å². The van der Waals surface area contributed by atoms with E-state index in [4.69, 9.17) is 4.74 Å². The maximum atomic E-state index is 13.5. The summed E-state index contributed by atoms with van der Waals surface area (Å²) in [5.41, 5.74) is 1.73. The maximum absolute atomic E-state index is 13.5. The summed E-state index contributed by atoms with van der Waals surface area (Å²) < 4.78 is 8.30. The number of non-ortho nitro benzene ring substituents is 1. The van der Waals surface area contributed by atoms with Crippen molar-refractivity contribution >= 4 is 38.3 Å². The van der Waals surface area contributed by atoms with Gasteiger partial charge < -0.3 is 4.74 Å². The van der Waals surface area contributed by atoms with Crippen LogP contribution in [0, 0.1) is 10.1 Å². The molecule has 32 heavy (non-hydrogen) atoms. The zero-order chi connectivity index (χ0) is 22.1. The minimum absolute atomic E-state index is 0.00391. The van der Waals surface area contributed by atoms with Crippen molar-refractivity contribution in [1.29, 1.82) is 0 Å². The van der Waals surface area contributed by atoms with Gasteiger partial charge in [-0.15, -0.1) is 0 Å². The Morgan fingerprint density at radius 1 is 1.22 bits per heavy atom. The fourth-order valence-corrected chi connectivity index (χ4v) is 4.64. The van der Waals surface area contributed by atoms with E-state index >= 15 is 0 Å². The van der Waals surface area contributed by atoms with Crippen molar-refractivity contribution in [1.82, 2.24) is 14.8 Å². The first-order chi connectivity index (χ1) is 15.6. The van der Waals surface area contributed by atoms with Gasteiger partial charge in [0.05, 0.1) is 33.5 Å². The van der Waals surface area contributed by atoms with Crippen LogP contribution in [0.3, 0.4) is 0 Å². The number of thiazole rings is 1. The van der Waals surface area contributed by atoms with Crippen LogP contribution in [0.2, 0.25) is 0 Å². The van der Waals surface area contributed by atoms with Crippen molar-refractivity contribution in [3.05, 3.63) is 76.6 Å². The number of rotatable bonds is 6. The van der Waals surface area contributed by atoms with Gasteiger partial charge in [0.15, 0.2) is 10.8 Å². The van der Waals surface area contributed by atoms with Crippen LogP contribution in [-0.2, 0) is 4.74 Å². The van der Waals surface area contributed by atoms with Gasteiger partial charge in [-0.3, -0.25) is 19.8 Å². The van der Waals surface area contributed by atoms with Gasteiger partial charge in [-0.1, -0.05) is 23.5 Å². The largest absolute Gasteiger partial charge is 0.376 e. The first-order valence-corrected chi connectivity index (χ1v) is 11.0. The summed E-state index contributed by atoms with van der Waals surface area (Å²) >= 11 is 1.46. The Labute approximate surface area is 187 Å². The molecule has 0 N–H and O–H groups in total. The van der Waals surface area contributed by atoms with Gasteiger partial charge in [-0.05, 0) is 43.2 Å². The van der Waals surface area contributed by atoms with Gasteiger partial charge >= 0.3 is 0 Å². The lowest BCUT2D eigenvalue weighted by molar-refractivity contribution is -0.384. The summed E-state index contributed by atoms with van der Waals surface area (Å²) in [5.74, 6) is -0.264. The molecule has 162 valence electrons. The second-order valence-corrected chi connectivity index (χ2v) is 8.44. The molecule has 10 heteroatoms. The number of nitro benzene ring substituents is 1. The Morgan fingerprint density at radius 3 is 2.75 bits per heavy atom. The SMILES string of the molecule is O=C(c1ccn(-c2ccc([N+](=O)[O-])cc2)n1)N(CC1CCCO1)c1nc2ccccc2s1. The van der Waals surface area contributed by atoms with E-state index in [1.807, 2.05) is 24.3 Å². The van der Waals surface area contributed by atoms with Crippen LogP contribution in [0.5, 0.6) is 0 Å². The number of hydrogen-bond acceptors (Lipinski definition) is 7. The van der Waals surface area contributed by atoms with Crippen molar-refractivity contribution < 1.29 is 14.5 Å². The molecule has 1 aliphatic heterocycles. The molecule has 1 fully saturated rings. The zero-order valence-corrected chi connectivity index (χ0v) is 17.8. The number of anilines is 1. The number of aromatic nitrogens is 3. The van der Waals surface area contributed by atoms with Crippen LogP contribution in [-0.4, -0.2) is 44.9 Å². The predicted molar refractivity (Wildman–Crippen MR) is 120 cm³/mol. The van der Waals surface area contributed by atoms with Crippen molar-refractivity contribution in [3.8, 4) is 5.69 Å². The first kappa shape index (κ1) is 20.3. The van der Waals surface area contributed by atoms with Gasteiger partial charge in [0.2, 0.25) is 0 Å². The monoisotopic (exact) mass is 449 g/mol. The molecule has 9 nitrogen and oxygen atoms in total. The minimum atomic E-state index is -0.456. The van der Waals surface area contributed by atoms with E-state index in [-0.39, 0.29) is 23.4 Å². The summed E-state index contributed by atoms with van der Waals surface area (Å²) in [5, 5.41) is 15.9. The molecule has 2 aromatic carbocycles. The molecule has 1 saturated heterocycles. The average Bonchev–Trinajstić information content (AvgIpc) is 3.57. The normalized spacial score (nSPS) is 15.8. The molecule has 5 rings (SSSR count). The van der Waals surface area contributed by atoms with Gasteiger partial charge in [0, 0.05) is 24.9 Å². The summed E-state index contributed by atoms with van der Waals surface area (Å²) in [6, 6.07) is 15.4. The smallest absolute Gasteiger partial charge is 0.280 e. The molecule has 0 bridgehead atoms. The van der Waals surface area contributed by atoms with Gasteiger partial charge in [-0.25, -0.2) is 9.67 Å². The average molecular weight is 449 g/mol. The fourth-order valence-electron chi connectivity index (χ4n) is 3.66. The number of fused-ring (bicyclic) bond motifs is 1. The topological polar surface area (TPSA) is 103 Å². The lowest BCUT2D eigenvalue weighted by Gasteiger charge is -2.22. The molecule has 0 aliphatic carbocycles. The lowest BCUT2D eigenvalue weighted by atomic mass is 10.2. The molecule has 2 aromatic heterocycles. The standard InChI is InChI=1S/C22H19N5O4S/c28-21(19-11-12-26(24-19)15-7-9-16(10-8-15)27(29)30)25(14-17-4-3-13-31-17)22-23-18-5-1-2-6-20(18)32-22/h1-2,5-12,17H,3-4,13-14H2. The van der Waals surface area contributed by atoms with Crippen LogP contribution in [0.25, 0.3) is 15.9 Å². The Hall–Kier alpha value is -3.63. The van der Waals surface area contributed by atoms with E-state index in [2.05, 4.69) is 10.1 Å². The van der Waals surface area contributed by atoms with Gasteiger partial charge in [-0.2, -0.15) is 5.10 Å². The summed E-state index contributed by atoms with van der Waals surface area (Å²) in [4.78, 5) is 30.2. The lowest BCUT2D eigenvalue weighted by Crippen LogP contribution is -2.37. The second-order valence-electron chi connectivity index (χ2n) is 7.43. The molecule has 4 aromatic rings. The number of amides is 1. The molecule has 1 aliphatic rings. The second kappa shape index (κ2) is 8.48. The van der Waals surface area contributed by atoms with Crippen molar-refractivity contribution in [3.63, 3.8) is 0 Å². The number of nitrogens with zero attached hydrogens (tertiary/aromatic N) is 5. The third-order valence-electron chi connectivity index (χ3n) is 5.30. The first-order valence-electron chi connectivity index (χ1n) is 10.2. The number of ether oxygens (including phenoxy) is 1. The number of para-hydroxylation sites is 1. The molecular weight excluding hydrogens is 430 g/mol. The number of nitro groups is 1. The summed E-state index contributed by atoms with van der Waals surface area (Å²) in [7, 11) is 0. The van der Waals surface area contributed by atoms with Crippen LogP contribution in [0.15, 0.2) is 60.8 Å². The quantitative estimate of drug-likeness (QED) is 0.323. The van der Waals surface area contributed by atoms with E-state index in [9.17, 15) is 14.9 Å². The molecule has 0 radical (unpaired) electrons. The molecule has 3 heterocycles. The van der Waals surface area contributed by atoms with Crippen LogP contribution in [0.1, 0.15) is 23.3 Å². The third-order valence-corrected chi connectivity index (χ3v) is 6.36. The Balaban J connectivity index is 1.45. The highest BCUT2D eigenvalue weighted by Gasteiger charge is 2.28. The molecule has 1 unspecified atom stereocenters. The predicted octanol–water partition coefficient (Wildman–Crippen LogP) is 4.22. The Kier molecular flexibility index (Phi) is 5.38. The van der Waals surface area contributed by atoms with Crippen LogP contribution >= 0.6 is 11.3 Å². The molecule has 1 amide bonds. The number of carbonyl (C=O) groups is 1. The summed E-state index contributed by atoms with van der Waals surface area (Å²) in [6.45, 7) is 1.10. The highest BCUT2D eigenvalue weighted by molar-refractivity contribution is 7.22. The van der Waals surface area contributed by atoms with Gasteiger partial charge in [0.1, 0.15) is 0 Å². The number of hydrogen-bond donors (Lipinski definition) is 0.